The molecule has 10 heteroatoms. The number of nitrogens with one attached hydrogen (secondary N) is 1. The monoisotopic (exact) mass is 488 g/mol. The van der Waals surface area contributed by atoms with Crippen LogP contribution in [0.5, 0.6) is 0 Å². The number of aldehydes is 1. The second kappa shape index (κ2) is 9.45. The van der Waals surface area contributed by atoms with Gasteiger partial charge in [-0.15, -0.1) is 0 Å². The lowest BCUT2D eigenvalue weighted by atomic mass is 10.1. The molecule has 1 saturated heterocycles. The van der Waals surface area contributed by atoms with Crippen LogP contribution >= 0.6 is 0 Å². The first-order valence-corrected chi connectivity index (χ1v) is 12.1. The van der Waals surface area contributed by atoms with Crippen molar-refractivity contribution in [3.63, 3.8) is 0 Å². The largest absolute Gasteiger partial charge is 0.384 e. The predicted octanol–water partition coefficient (Wildman–Crippen LogP) is 2.83. The van der Waals surface area contributed by atoms with Crippen LogP contribution in [0, 0.1) is 0 Å². The van der Waals surface area contributed by atoms with Gasteiger partial charge < -0.3 is 25.0 Å². The van der Waals surface area contributed by atoms with Gasteiger partial charge in [0, 0.05) is 56.4 Å². The molecule has 2 aromatic heterocycles. The molecule has 10 nitrogen and oxygen atoms in total. The van der Waals surface area contributed by atoms with Crippen molar-refractivity contribution in [3.05, 3.63) is 59.9 Å². The van der Waals surface area contributed by atoms with Crippen molar-refractivity contribution in [2.24, 2.45) is 0 Å². The van der Waals surface area contributed by atoms with Gasteiger partial charge in [0.1, 0.15) is 23.7 Å². The molecule has 0 radical (unpaired) electrons. The van der Waals surface area contributed by atoms with Crippen LogP contribution in [0.1, 0.15) is 31.1 Å². The highest BCUT2D eigenvalue weighted by atomic mass is 16.3. The Bertz CT molecular complexity index is 1240. The number of nitrogens with zero attached hydrogens (tertiary/aromatic N) is 7. The van der Waals surface area contributed by atoms with Gasteiger partial charge in [-0.1, -0.05) is 6.07 Å². The average molecular weight is 489 g/mol. The zero-order valence-corrected chi connectivity index (χ0v) is 21.1. The molecule has 0 aliphatic carbocycles. The summed E-state index contributed by atoms with van der Waals surface area (Å²) in [4.78, 5) is 30.5. The number of pyridine rings is 1. The third kappa shape index (κ3) is 4.62. The van der Waals surface area contributed by atoms with E-state index in [4.69, 9.17) is 4.98 Å². The molecule has 0 amide bonds. The van der Waals surface area contributed by atoms with E-state index in [-0.39, 0.29) is 0 Å². The fourth-order valence-electron chi connectivity index (χ4n) is 4.56. The Balaban J connectivity index is 1.41. The van der Waals surface area contributed by atoms with Gasteiger partial charge in [-0.3, -0.25) is 0 Å². The van der Waals surface area contributed by atoms with Crippen molar-refractivity contribution < 1.29 is 9.90 Å². The van der Waals surface area contributed by atoms with Gasteiger partial charge in [-0.05, 0) is 57.3 Å². The molecule has 3 aromatic rings. The number of carbonyl (C=O) groups is 1. The molecular formula is C26H32N8O2. The second-order valence-corrected chi connectivity index (χ2v) is 9.84. The lowest BCUT2D eigenvalue weighted by Gasteiger charge is -2.34. The molecule has 0 bridgehead atoms. The summed E-state index contributed by atoms with van der Waals surface area (Å²) in [6.07, 6.45) is 2.55. The Morgan fingerprint density at radius 3 is 2.42 bits per heavy atom. The van der Waals surface area contributed by atoms with E-state index in [2.05, 4.69) is 44.3 Å². The SMILES string of the molecule is CN1CCN(c2ccc(Nc3ncc4c(n3)N(c3cccc(C(C)(C)O)n3)N(C)C4C=O)cc2)CC1. The second-order valence-electron chi connectivity index (χ2n) is 9.84. The summed E-state index contributed by atoms with van der Waals surface area (Å²) in [7, 11) is 3.96. The molecule has 2 aliphatic rings. The Labute approximate surface area is 211 Å². The molecule has 2 N–H and O–H groups in total. The van der Waals surface area contributed by atoms with Crippen LogP contribution in [0.3, 0.4) is 0 Å². The van der Waals surface area contributed by atoms with Crippen molar-refractivity contribution in [2.75, 3.05) is 55.5 Å². The number of hydrogen-bond donors (Lipinski definition) is 2. The summed E-state index contributed by atoms with van der Waals surface area (Å²) in [6, 6.07) is 13.2. The van der Waals surface area contributed by atoms with E-state index in [1.165, 1.54) is 5.69 Å². The minimum Gasteiger partial charge on any atom is -0.384 e. The molecule has 1 unspecified atom stereocenters. The maximum atomic E-state index is 11.9. The van der Waals surface area contributed by atoms with E-state index in [9.17, 15) is 9.90 Å². The van der Waals surface area contributed by atoms with Crippen LogP contribution in [-0.4, -0.2) is 76.5 Å². The standard InChI is InChI=1S/C26H32N8O2/c1-26(2,36)22-6-5-7-23(29-22)34-24-20(21(17-35)32(34)4)16-27-25(30-24)28-18-8-10-19(11-9-18)33-14-12-31(3)13-15-33/h5-11,16-17,21,36H,12-15H2,1-4H3,(H,27,28,30). The molecule has 5 rings (SSSR count). The lowest BCUT2D eigenvalue weighted by molar-refractivity contribution is -0.111. The van der Waals surface area contributed by atoms with Gasteiger partial charge in [0.15, 0.2) is 5.82 Å². The quantitative estimate of drug-likeness (QED) is 0.504. The average Bonchev–Trinajstić information content (AvgIpc) is 3.15. The number of anilines is 5. The zero-order valence-electron chi connectivity index (χ0n) is 21.1. The number of benzene rings is 1. The van der Waals surface area contributed by atoms with E-state index >= 15 is 0 Å². The molecule has 1 aromatic carbocycles. The molecular weight excluding hydrogens is 456 g/mol. The molecule has 0 spiro atoms. The number of fused-ring (bicyclic) bond motifs is 1. The fourth-order valence-corrected chi connectivity index (χ4v) is 4.56. The van der Waals surface area contributed by atoms with Crippen LogP contribution in [0.25, 0.3) is 0 Å². The third-order valence-corrected chi connectivity index (χ3v) is 6.73. The lowest BCUT2D eigenvalue weighted by Crippen LogP contribution is -2.44. The van der Waals surface area contributed by atoms with Crippen LogP contribution in [0.15, 0.2) is 48.7 Å². The summed E-state index contributed by atoms with van der Waals surface area (Å²) in [5.41, 5.74) is 2.19. The minimum absolute atomic E-state index is 0.421. The topological polar surface area (TPSA) is 101 Å². The number of aliphatic hydroxyl groups is 1. The Morgan fingerprint density at radius 1 is 1.03 bits per heavy atom. The normalized spacial score (nSPS) is 18.9. The van der Waals surface area contributed by atoms with Gasteiger partial charge in [0.2, 0.25) is 5.95 Å². The maximum Gasteiger partial charge on any atom is 0.229 e. The first-order valence-electron chi connectivity index (χ1n) is 12.1. The number of rotatable bonds is 6. The van der Waals surface area contributed by atoms with E-state index in [0.717, 1.165) is 38.2 Å². The third-order valence-electron chi connectivity index (χ3n) is 6.73. The van der Waals surface area contributed by atoms with E-state index in [0.29, 0.717) is 28.8 Å². The molecule has 4 heterocycles. The number of likely N-dealkylation sites (N-methyl/N-ethyl adjacent to an activating group) is 2. The van der Waals surface area contributed by atoms with Gasteiger partial charge in [0.25, 0.3) is 0 Å². The summed E-state index contributed by atoms with van der Waals surface area (Å²) >= 11 is 0. The maximum absolute atomic E-state index is 11.9. The molecule has 0 saturated carbocycles. The Hall–Kier alpha value is -3.60. The van der Waals surface area contributed by atoms with Crippen molar-refractivity contribution in [1.82, 2.24) is 24.9 Å². The highest BCUT2D eigenvalue weighted by molar-refractivity contribution is 5.75. The number of carbonyl (C=O) groups excluding carboxylic acids is 1. The number of hydrogen-bond acceptors (Lipinski definition) is 10. The summed E-state index contributed by atoms with van der Waals surface area (Å²) in [5, 5.41) is 17.3. The molecule has 2 aliphatic heterocycles. The fraction of sp³-hybridized carbons (Fsp3) is 0.385. The van der Waals surface area contributed by atoms with Gasteiger partial charge in [-0.2, -0.15) is 4.98 Å². The first kappa shape index (κ1) is 24.1. The van der Waals surface area contributed by atoms with Crippen LogP contribution in [-0.2, 0) is 10.4 Å². The van der Waals surface area contributed by atoms with Crippen molar-refractivity contribution in [3.8, 4) is 0 Å². The Kier molecular flexibility index (Phi) is 6.33. The molecule has 1 fully saturated rings. The van der Waals surface area contributed by atoms with Gasteiger partial charge >= 0.3 is 0 Å². The Morgan fingerprint density at radius 2 is 1.75 bits per heavy atom. The smallest absolute Gasteiger partial charge is 0.229 e. The van der Waals surface area contributed by atoms with E-state index < -0.39 is 11.6 Å². The zero-order chi connectivity index (χ0) is 25.4. The van der Waals surface area contributed by atoms with Crippen molar-refractivity contribution >= 4 is 35.2 Å². The summed E-state index contributed by atoms with van der Waals surface area (Å²) in [5.74, 6) is 1.55. The summed E-state index contributed by atoms with van der Waals surface area (Å²) < 4.78 is 0. The van der Waals surface area contributed by atoms with Crippen LogP contribution < -0.4 is 15.2 Å². The van der Waals surface area contributed by atoms with Gasteiger partial charge in [0.05, 0.1) is 5.69 Å². The molecule has 188 valence electrons. The van der Waals surface area contributed by atoms with Gasteiger partial charge in [-0.25, -0.2) is 20.0 Å². The van der Waals surface area contributed by atoms with Crippen molar-refractivity contribution in [1.29, 1.82) is 0 Å². The van der Waals surface area contributed by atoms with E-state index in [1.807, 2.05) is 31.3 Å². The number of piperazine rings is 1. The molecule has 36 heavy (non-hydrogen) atoms. The molecule has 1 atom stereocenters. The number of aromatic nitrogens is 3. The van der Waals surface area contributed by atoms with Crippen LogP contribution in [0.4, 0.5) is 29.0 Å². The highest BCUT2D eigenvalue weighted by Crippen LogP contribution is 2.41. The number of hydrazine groups is 1. The van der Waals surface area contributed by atoms with Crippen LogP contribution in [0.2, 0.25) is 0 Å². The summed E-state index contributed by atoms with van der Waals surface area (Å²) in [6.45, 7) is 7.52. The predicted molar refractivity (Wildman–Crippen MR) is 140 cm³/mol. The van der Waals surface area contributed by atoms with Crippen molar-refractivity contribution in [2.45, 2.75) is 25.5 Å². The van der Waals surface area contributed by atoms with E-state index in [1.54, 1.807) is 36.1 Å². The highest BCUT2D eigenvalue weighted by Gasteiger charge is 2.38. The first-order chi connectivity index (χ1) is 17.2. The minimum atomic E-state index is -1.10.